The molecule has 0 atom stereocenters. The van der Waals surface area contributed by atoms with Crippen molar-refractivity contribution in [2.75, 3.05) is 5.32 Å². The fourth-order valence-corrected chi connectivity index (χ4v) is 2.45. The molecule has 1 fully saturated rings. The average Bonchev–Trinajstić information content (AvgIpc) is 3.30. The van der Waals surface area contributed by atoms with Crippen LogP contribution in [0.3, 0.4) is 0 Å². The molecule has 0 spiro atoms. The molecule has 1 aromatic heterocycles. The first kappa shape index (κ1) is 15.7. The number of aromatic nitrogens is 3. The van der Waals surface area contributed by atoms with E-state index in [1.54, 1.807) is 17.6 Å². The molecule has 3 N–H and O–H groups in total. The number of amides is 2. The fraction of sp³-hybridized carbons (Fsp3) is 0.357. The lowest BCUT2D eigenvalue weighted by Crippen LogP contribution is -2.30. The van der Waals surface area contributed by atoms with E-state index in [9.17, 15) is 19.7 Å². The summed E-state index contributed by atoms with van der Waals surface area (Å²) < 4.78 is 1.54. The van der Waals surface area contributed by atoms with Gasteiger partial charge in [-0.15, -0.1) is 0 Å². The molecule has 10 nitrogen and oxygen atoms in total. The molecule has 2 amide bonds. The summed E-state index contributed by atoms with van der Waals surface area (Å²) in [6.07, 6.45) is 1.84. The van der Waals surface area contributed by atoms with Gasteiger partial charge in [0.1, 0.15) is 0 Å². The third-order valence-corrected chi connectivity index (χ3v) is 3.85. The highest BCUT2D eigenvalue weighted by Gasteiger charge is 2.28. The molecule has 0 bridgehead atoms. The van der Waals surface area contributed by atoms with E-state index in [2.05, 4.69) is 20.8 Å². The third-order valence-electron chi connectivity index (χ3n) is 3.85. The van der Waals surface area contributed by atoms with Crippen LogP contribution >= 0.6 is 0 Å². The predicted molar refractivity (Wildman–Crippen MR) is 84.8 cm³/mol. The van der Waals surface area contributed by atoms with Crippen molar-refractivity contribution in [3.8, 4) is 0 Å². The van der Waals surface area contributed by atoms with Crippen LogP contribution in [-0.4, -0.2) is 25.7 Å². The summed E-state index contributed by atoms with van der Waals surface area (Å²) in [7, 11) is 0. The maximum absolute atomic E-state index is 12.0. The minimum Gasteiger partial charge on any atom is -0.331 e. The molecular formula is C14H16N6O4. The predicted octanol–water partition coefficient (Wildman–Crippen LogP) is 1.44. The van der Waals surface area contributed by atoms with E-state index in [1.807, 2.05) is 0 Å². The van der Waals surface area contributed by atoms with E-state index < -0.39 is 11.0 Å². The summed E-state index contributed by atoms with van der Waals surface area (Å²) in [5.41, 5.74) is 0.363. The lowest BCUT2D eigenvalue weighted by molar-refractivity contribution is -0.385. The van der Waals surface area contributed by atoms with E-state index in [0.717, 1.165) is 12.8 Å². The van der Waals surface area contributed by atoms with Gasteiger partial charge in [-0.25, -0.2) is 14.7 Å². The van der Waals surface area contributed by atoms with Crippen LogP contribution in [0.15, 0.2) is 23.0 Å². The molecule has 1 saturated carbocycles. The molecule has 1 aliphatic carbocycles. The molecule has 0 unspecified atom stereocenters. The van der Waals surface area contributed by atoms with Crippen LogP contribution in [0.4, 0.5) is 16.2 Å². The van der Waals surface area contributed by atoms with E-state index in [-0.39, 0.29) is 24.0 Å². The molecule has 1 aromatic carbocycles. The van der Waals surface area contributed by atoms with Gasteiger partial charge in [0.15, 0.2) is 5.82 Å². The summed E-state index contributed by atoms with van der Waals surface area (Å²) >= 11 is 0. The highest BCUT2D eigenvalue weighted by molar-refractivity contribution is 5.90. The van der Waals surface area contributed by atoms with E-state index in [0.29, 0.717) is 17.1 Å². The number of hydrogen-bond donors (Lipinski definition) is 3. The SMILES string of the molecule is Cc1c(NC(=O)NCc2n[nH]c(=O)n2C2CC2)cccc1[N+](=O)[O-]. The van der Waals surface area contributed by atoms with Gasteiger partial charge >= 0.3 is 11.7 Å². The Labute approximate surface area is 136 Å². The van der Waals surface area contributed by atoms with Crippen LogP contribution in [0.25, 0.3) is 0 Å². The maximum atomic E-state index is 12.0. The van der Waals surface area contributed by atoms with E-state index >= 15 is 0 Å². The number of nitro groups is 1. The number of carbonyl (C=O) groups excluding carboxylic acids is 1. The molecule has 0 aliphatic heterocycles. The Bertz CT molecular complexity index is 851. The van der Waals surface area contributed by atoms with Gasteiger partial charge in [-0.1, -0.05) is 6.07 Å². The van der Waals surface area contributed by atoms with Crippen LogP contribution in [0.2, 0.25) is 0 Å². The van der Waals surface area contributed by atoms with Crippen LogP contribution in [-0.2, 0) is 6.54 Å². The average molecular weight is 332 g/mol. The van der Waals surface area contributed by atoms with Crippen LogP contribution in [0, 0.1) is 17.0 Å². The standard InChI is InChI=1S/C14H16N6O4/c1-8-10(3-2-4-11(8)20(23)24)16-13(21)15-7-12-17-18-14(22)19(12)9-5-6-9/h2-4,9H,5-7H2,1H3,(H,18,22)(H2,15,16,21). The summed E-state index contributed by atoms with van der Waals surface area (Å²) in [6.45, 7) is 1.64. The second kappa shape index (κ2) is 6.14. The number of anilines is 1. The topological polar surface area (TPSA) is 135 Å². The maximum Gasteiger partial charge on any atom is 0.343 e. The summed E-state index contributed by atoms with van der Waals surface area (Å²) in [5.74, 6) is 0.452. The quantitative estimate of drug-likeness (QED) is 0.562. The van der Waals surface area contributed by atoms with Gasteiger partial charge < -0.3 is 10.6 Å². The molecular weight excluding hydrogens is 316 g/mol. The minimum atomic E-state index is -0.531. The second-order valence-electron chi connectivity index (χ2n) is 5.56. The number of nitro benzene ring substituents is 1. The molecule has 10 heteroatoms. The van der Waals surface area contributed by atoms with Gasteiger partial charge in [0.25, 0.3) is 5.69 Å². The lowest BCUT2D eigenvalue weighted by Gasteiger charge is -2.10. The van der Waals surface area contributed by atoms with Crippen molar-refractivity contribution < 1.29 is 9.72 Å². The van der Waals surface area contributed by atoms with Crippen LogP contribution < -0.4 is 16.3 Å². The number of benzene rings is 1. The number of aromatic amines is 1. The fourth-order valence-electron chi connectivity index (χ4n) is 2.45. The van der Waals surface area contributed by atoms with Gasteiger partial charge in [-0.2, -0.15) is 5.10 Å². The first-order valence-corrected chi connectivity index (χ1v) is 7.42. The number of nitrogens with one attached hydrogen (secondary N) is 3. The highest BCUT2D eigenvalue weighted by Crippen LogP contribution is 2.34. The number of hydrogen-bond acceptors (Lipinski definition) is 5. The van der Waals surface area contributed by atoms with Crippen molar-refractivity contribution in [3.63, 3.8) is 0 Å². The number of urea groups is 1. The monoisotopic (exact) mass is 332 g/mol. The van der Waals surface area contributed by atoms with Gasteiger partial charge in [-0.3, -0.25) is 14.7 Å². The first-order chi connectivity index (χ1) is 11.5. The summed E-state index contributed by atoms with van der Waals surface area (Å²) in [6, 6.07) is 4.07. The van der Waals surface area contributed by atoms with Crippen LogP contribution in [0.5, 0.6) is 0 Å². The molecule has 0 saturated heterocycles. The smallest absolute Gasteiger partial charge is 0.331 e. The van der Waals surface area contributed by atoms with Crippen molar-refractivity contribution in [2.45, 2.75) is 32.4 Å². The molecule has 1 heterocycles. The van der Waals surface area contributed by atoms with Gasteiger partial charge in [-0.05, 0) is 25.8 Å². The summed E-state index contributed by atoms with van der Waals surface area (Å²) in [4.78, 5) is 34.1. The van der Waals surface area contributed by atoms with Crippen molar-refractivity contribution in [3.05, 3.63) is 50.2 Å². The minimum absolute atomic E-state index is 0.0670. The molecule has 1 aliphatic rings. The van der Waals surface area contributed by atoms with Gasteiger partial charge in [0.05, 0.1) is 22.7 Å². The Morgan fingerprint density at radius 1 is 1.50 bits per heavy atom. The Kier molecular flexibility index (Phi) is 4.02. The number of carbonyl (C=O) groups is 1. The Morgan fingerprint density at radius 2 is 2.25 bits per heavy atom. The summed E-state index contributed by atoms with van der Waals surface area (Å²) in [5, 5.41) is 22.4. The van der Waals surface area contributed by atoms with E-state index in [4.69, 9.17) is 0 Å². The zero-order valence-electron chi connectivity index (χ0n) is 12.9. The lowest BCUT2D eigenvalue weighted by atomic mass is 10.1. The molecule has 24 heavy (non-hydrogen) atoms. The molecule has 2 aromatic rings. The van der Waals surface area contributed by atoms with Crippen LogP contribution in [0.1, 0.15) is 30.3 Å². The zero-order valence-corrected chi connectivity index (χ0v) is 12.9. The van der Waals surface area contributed by atoms with Crippen molar-refractivity contribution in [1.82, 2.24) is 20.1 Å². The number of nitrogens with zero attached hydrogens (tertiary/aromatic N) is 3. The van der Waals surface area contributed by atoms with Crippen molar-refractivity contribution in [1.29, 1.82) is 0 Å². The highest BCUT2D eigenvalue weighted by atomic mass is 16.6. The molecule has 126 valence electrons. The zero-order chi connectivity index (χ0) is 17.3. The molecule has 0 radical (unpaired) electrons. The normalized spacial score (nSPS) is 13.5. The Hall–Kier alpha value is -3.17. The van der Waals surface area contributed by atoms with Crippen molar-refractivity contribution in [2.24, 2.45) is 0 Å². The number of rotatable bonds is 5. The number of H-pyrrole nitrogens is 1. The third kappa shape index (κ3) is 3.12. The van der Waals surface area contributed by atoms with E-state index in [1.165, 1.54) is 12.1 Å². The van der Waals surface area contributed by atoms with Crippen molar-refractivity contribution >= 4 is 17.4 Å². The molecule has 3 rings (SSSR count). The first-order valence-electron chi connectivity index (χ1n) is 7.42. The largest absolute Gasteiger partial charge is 0.343 e. The Balaban J connectivity index is 1.66. The Morgan fingerprint density at radius 3 is 2.92 bits per heavy atom. The second-order valence-corrected chi connectivity index (χ2v) is 5.56. The van der Waals surface area contributed by atoms with Gasteiger partial charge in [0, 0.05) is 12.1 Å². The van der Waals surface area contributed by atoms with Gasteiger partial charge in [0.2, 0.25) is 0 Å².